The highest BCUT2D eigenvalue weighted by Crippen LogP contribution is 2.31. The molecule has 4 rings (SSSR count). The van der Waals surface area contributed by atoms with Crippen molar-refractivity contribution >= 4 is 56.0 Å². The van der Waals surface area contributed by atoms with Gasteiger partial charge in [0.1, 0.15) is 0 Å². The molecule has 0 aliphatic rings. The van der Waals surface area contributed by atoms with Crippen LogP contribution in [0.3, 0.4) is 0 Å². The second-order valence-electron chi connectivity index (χ2n) is 7.65. The molecule has 0 spiro atoms. The average Bonchev–Trinajstić information content (AvgIpc) is 3.20. The number of benzene rings is 3. The second kappa shape index (κ2) is 9.66. The van der Waals surface area contributed by atoms with Crippen LogP contribution in [0.2, 0.25) is 0 Å². The topological polar surface area (TPSA) is 120 Å². The van der Waals surface area contributed by atoms with E-state index in [0.717, 1.165) is 23.5 Å². The van der Waals surface area contributed by atoms with Gasteiger partial charge in [0.05, 0.1) is 15.8 Å². The molecule has 36 heavy (non-hydrogen) atoms. The summed E-state index contributed by atoms with van der Waals surface area (Å²) in [5.41, 5.74) is 1.03. The first kappa shape index (κ1) is 24.7. The van der Waals surface area contributed by atoms with Gasteiger partial charge in [-0.15, -0.1) is 0 Å². The number of hydrogen-bond acceptors (Lipinski definition) is 5. The van der Waals surface area contributed by atoms with Crippen LogP contribution in [-0.2, 0) is 6.18 Å². The maximum Gasteiger partial charge on any atom is 0.416 e. The number of carbonyl (C=O) groups excluding carboxylic acids is 2. The molecule has 8 nitrogen and oxygen atoms in total. The fraction of sp³-hybridized carbons (Fsp3) is 0.0833. The highest BCUT2D eigenvalue weighted by atomic mass is 32.1. The second-order valence-corrected chi connectivity index (χ2v) is 8.68. The highest BCUT2D eigenvalue weighted by Gasteiger charge is 2.30. The Hall–Kier alpha value is -4.45. The minimum Gasteiger partial charge on any atom is -0.465 e. The smallest absolute Gasteiger partial charge is 0.416 e. The fourth-order valence-electron chi connectivity index (χ4n) is 3.28. The Morgan fingerprint density at radius 1 is 0.889 bits per heavy atom. The van der Waals surface area contributed by atoms with Crippen molar-refractivity contribution in [3.05, 3.63) is 82.9 Å². The zero-order valence-corrected chi connectivity index (χ0v) is 19.3. The predicted molar refractivity (Wildman–Crippen MR) is 130 cm³/mol. The van der Waals surface area contributed by atoms with Crippen LogP contribution in [0.25, 0.3) is 10.2 Å². The van der Waals surface area contributed by atoms with Gasteiger partial charge in [0.25, 0.3) is 11.8 Å². The molecule has 4 N–H and O–H groups in total. The van der Waals surface area contributed by atoms with Gasteiger partial charge in [-0.05, 0) is 61.0 Å². The molecular weight excluding hydrogens is 497 g/mol. The number of nitrogens with zero attached hydrogens (tertiary/aromatic N) is 1. The number of carbonyl (C=O) groups is 3. The number of alkyl halides is 3. The lowest BCUT2D eigenvalue weighted by atomic mass is 10.1. The quantitative estimate of drug-likeness (QED) is 0.252. The Kier molecular flexibility index (Phi) is 6.62. The molecule has 12 heteroatoms. The largest absolute Gasteiger partial charge is 0.465 e. The van der Waals surface area contributed by atoms with Crippen LogP contribution >= 0.6 is 11.3 Å². The summed E-state index contributed by atoms with van der Waals surface area (Å²) in [6.07, 6.45) is -5.79. The molecule has 184 valence electrons. The Bertz CT molecular complexity index is 1500. The molecule has 0 saturated heterocycles. The first-order chi connectivity index (χ1) is 17.0. The molecule has 3 aromatic carbocycles. The van der Waals surface area contributed by atoms with Crippen LogP contribution < -0.4 is 16.0 Å². The van der Waals surface area contributed by atoms with Crippen LogP contribution in [0.1, 0.15) is 31.8 Å². The maximum absolute atomic E-state index is 12.9. The monoisotopic (exact) mass is 514 g/mol. The Labute approximate surface area is 205 Å². The van der Waals surface area contributed by atoms with Crippen LogP contribution in [-0.4, -0.2) is 28.0 Å². The van der Waals surface area contributed by atoms with Gasteiger partial charge in [0, 0.05) is 22.5 Å². The summed E-state index contributed by atoms with van der Waals surface area (Å²) in [7, 11) is 0. The number of amides is 3. The fourth-order valence-corrected chi connectivity index (χ4v) is 4.17. The van der Waals surface area contributed by atoms with E-state index in [1.54, 1.807) is 25.1 Å². The minimum absolute atomic E-state index is 0.0180. The maximum atomic E-state index is 12.9. The van der Waals surface area contributed by atoms with Crippen LogP contribution in [0, 0.1) is 6.92 Å². The van der Waals surface area contributed by atoms with Gasteiger partial charge in [-0.25, -0.2) is 9.78 Å². The van der Waals surface area contributed by atoms with Crippen molar-refractivity contribution < 1.29 is 32.7 Å². The minimum atomic E-state index is -4.54. The number of anilines is 3. The summed E-state index contributed by atoms with van der Waals surface area (Å²) in [6.45, 7) is 1.72. The number of nitrogens with one attached hydrogen (secondary N) is 3. The lowest BCUT2D eigenvalue weighted by Gasteiger charge is -2.12. The van der Waals surface area contributed by atoms with Gasteiger partial charge in [-0.3, -0.25) is 14.9 Å². The molecule has 0 atom stereocenters. The normalized spacial score (nSPS) is 11.2. The summed E-state index contributed by atoms with van der Waals surface area (Å²) in [6, 6.07) is 13.5. The third-order valence-corrected chi connectivity index (χ3v) is 5.99. The zero-order valence-electron chi connectivity index (χ0n) is 18.4. The molecule has 0 fully saturated rings. The van der Waals surface area contributed by atoms with Crippen molar-refractivity contribution in [3.8, 4) is 0 Å². The van der Waals surface area contributed by atoms with Gasteiger partial charge in [0.2, 0.25) is 0 Å². The van der Waals surface area contributed by atoms with Crippen molar-refractivity contribution in [2.24, 2.45) is 0 Å². The van der Waals surface area contributed by atoms with Gasteiger partial charge in [-0.2, -0.15) is 13.2 Å². The lowest BCUT2D eigenvalue weighted by Crippen LogP contribution is -2.16. The van der Waals surface area contributed by atoms with Gasteiger partial charge in [-0.1, -0.05) is 23.5 Å². The zero-order chi connectivity index (χ0) is 26.0. The summed E-state index contributed by atoms with van der Waals surface area (Å²) in [5, 5.41) is 16.3. The average molecular weight is 514 g/mol. The van der Waals surface area contributed by atoms with Gasteiger partial charge in [0.15, 0.2) is 5.13 Å². The molecule has 3 amide bonds. The van der Waals surface area contributed by atoms with E-state index in [4.69, 9.17) is 5.11 Å². The molecule has 1 aromatic heterocycles. The number of halogens is 3. The molecule has 0 aliphatic heterocycles. The summed E-state index contributed by atoms with van der Waals surface area (Å²) in [4.78, 5) is 40.4. The summed E-state index contributed by atoms with van der Waals surface area (Å²) < 4.78 is 39.4. The van der Waals surface area contributed by atoms with E-state index in [0.29, 0.717) is 21.5 Å². The third kappa shape index (κ3) is 5.61. The molecular formula is C24H17F3N4O4S. The number of fused-ring (bicyclic) bond motifs is 1. The molecule has 0 aliphatic carbocycles. The number of carboxylic acid groups (broad SMARTS) is 1. The Balaban J connectivity index is 1.52. The van der Waals surface area contributed by atoms with Crippen LogP contribution in [0.4, 0.5) is 34.5 Å². The van der Waals surface area contributed by atoms with Gasteiger partial charge < -0.3 is 15.7 Å². The third-order valence-electron chi connectivity index (χ3n) is 5.06. The molecule has 1 heterocycles. The first-order valence-corrected chi connectivity index (χ1v) is 11.1. The van der Waals surface area contributed by atoms with E-state index in [9.17, 15) is 27.6 Å². The van der Waals surface area contributed by atoms with Crippen molar-refractivity contribution in [2.45, 2.75) is 13.1 Å². The number of aryl methyl sites for hydroxylation is 1. The summed E-state index contributed by atoms with van der Waals surface area (Å²) >= 11 is 1.07. The van der Waals surface area contributed by atoms with Crippen LogP contribution in [0.15, 0.2) is 60.7 Å². The molecule has 4 aromatic rings. The number of thiazole rings is 1. The van der Waals surface area contributed by atoms with Crippen molar-refractivity contribution in [1.82, 2.24) is 4.98 Å². The van der Waals surface area contributed by atoms with Crippen molar-refractivity contribution in [2.75, 3.05) is 16.0 Å². The summed E-state index contributed by atoms with van der Waals surface area (Å²) in [5.74, 6) is -1.12. The number of rotatable bonds is 5. The van der Waals surface area contributed by atoms with E-state index in [1.807, 2.05) is 0 Å². The first-order valence-electron chi connectivity index (χ1n) is 10.3. The number of aromatic nitrogens is 1. The van der Waals surface area contributed by atoms with E-state index < -0.39 is 29.6 Å². The van der Waals surface area contributed by atoms with Crippen molar-refractivity contribution in [1.29, 1.82) is 0 Å². The van der Waals surface area contributed by atoms with Crippen molar-refractivity contribution in [3.63, 3.8) is 0 Å². The van der Waals surface area contributed by atoms with E-state index in [2.05, 4.69) is 20.9 Å². The van der Waals surface area contributed by atoms with Crippen LogP contribution in [0.5, 0.6) is 0 Å². The highest BCUT2D eigenvalue weighted by molar-refractivity contribution is 7.22. The molecule has 0 saturated carbocycles. The molecule has 0 bridgehead atoms. The van der Waals surface area contributed by atoms with Gasteiger partial charge >= 0.3 is 12.3 Å². The Morgan fingerprint density at radius 2 is 1.58 bits per heavy atom. The van der Waals surface area contributed by atoms with E-state index in [-0.39, 0.29) is 21.9 Å². The number of hydrogen-bond donors (Lipinski definition) is 4. The standard InChI is InChI=1S/C24H17F3N4O4S/c1-12-5-6-13(20(32)28-16-4-2-3-15(11-16)24(25,26)27)9-18(12)29-21(33)14-7-8-17-19(10-14)36-22(30-17)31-23(34)35/h2-11H,1H3,(H,28,32)(H,29,33)(H,30,31)(H,34,35). The predicted octanol–water partition coefficient (Wildman–Crippen LogP) is 6.22. The van der Waals surface area contributed by atoms with E-state index in [1.165, 1.54) is 30.3 Å². The SMILES string of the molecule is Cc1ccc(C(=O)Nc2cccc(C(F)(F)F)c2)cc1NC(=O)c1ccc2nc(NC(=O)O)sc2c1. The lowest BCUT2D eigenvalue weighted by molar-refractivity contribution is -0.137. The Morgan fingerprint density at radius 3 is 2.31 bits per heavy atom. The molecule has 0 unspecified atom stereocenters. The molecule has 0 radical (unpaired) electrons. The van der Waals surface area contributed by atoms with E-state index >= 15 is 0 Å².